The number of nitrogens with one attached hydrogen (secondary N) is 3. The molecule has 8 nitrogen and oxygen atoms in total. The van der Waals surface area contributed by atoms with E-state index < -0.39 is 46.1 Å². The minimum absolute atomic E-state index is 0.0161. The highest BCUT2D eigenvalue weighted by molar-refractivity contribution is 8.25. The number of aliphatic hydroxyl groups is 1. The van der Waals surface area contributed by atoms with Crippen molar-refractivity contribution in [2.45, 2.75) is 63.9 Å². The number of hydrogen-bond acceptors (Lipinski definition) is 6. The Morgan fingerprint density at radius 1 is 1.04 bits per heavy atom. The van der Waals surface area contributed by atoms with Gasteiger partial charge in [-0.1, -0.05) is 49.4 Å². The molecule has 0 saturated carbocycles. The molecule has 46 heavy (non-hydrogen) atoms. The second-order valence-corrected chi connectivity index (χ2v) is 14.4. The Balaban J connectivity index is 1.41. The van der Waals surface area contributed by atoms with Crippen molar-refractivity contribution in [2.24, 2.45) is 0 Å². The monoisotopic (exact) mass is 658 g/mol. The van der Waals surface area contributed by atoms with Gasteiger partial charge in [0, 0.05) is 35.8 Å². The number of halogens is 3. The number of rotatable bonds is 11. The Hall–Kier alpha value is -3.55. The van der Waals surface area contributed by atoms with Crippen molar-refractivity contribution in [3.63, 3.8) is 0 Å². The molecule has 1 amide bonds. The number of alkyl halides is 3. The quantitative estimate of drug-likeness (QED) is 0.105. The van der Waals surface area contributed by atoms with Crippen LogP contribution in [0.2, 0.25) is 0 Å². The molecule has 1 fully saturated rings. The molecule has 3 aromatic carbocycles. The average molecular weight is 659 g/mol. The Morgan fingerprint density at radius 3 is 2.41 bits per heavy atom. The lowest BCUT2D eigenvalue weighted by molar-refractivity contribution is -0.137. The van der Waals surface area contributed by atoms with Crippen LogP contribution in [-0.4, -0.2) is 56.1 Å². The van der Waals surface area contributed by atoms with Gasteiger partial charge in [-0.25, -0.2) is 0 Å². The molecule has 0 radical (unpaired) electrons. The Labute approximate surface area is 268 Å². The molecule has 6 N–H and O–H groups in total. The number of H-pyrrole nitrogens is 1. The van der Waals surface area contributed by atoms with E-state index in [-0.39, 0.29) is 12.3 Å². The molecule has 2 atom stereocenters. The lowest BCUT2D eigenvalue weighted by atomic mass is 9.92. The van der Waals surface area contributed by atoms with Gasteiger partial charge in [0.1, 0.15) is 0 Å². The van der Waals surface area contributed by atoms with Crippen LogP contribution in [0.15, 0.2) is 72.9 Å². The van der Waals surface area contributed by atoms with Crippen molar-refractivity contribution in [3.8, 4) is 0 Å². The van der Waals surface area contributed by atoms with Crippen molar-refractivity contribution < 1.29 is 32.2 Å². The largest absolute Gasteiger partial charge is 0.416 e. The van der Waals surface area contributed by atoms with Crippen LogP contribution in [0.25, 0.3) is 10.9 Å². The Bertz CT molecular complexity index is 1680. The van der Waals surface area contributed by atoms with Gasteiger partial charge in [0.2, 0.25) is 0 Å². The van der Waals surface area contributed by atoms with Crippen molar-refractivity contribution in [1.29, 1.82) is 0 Å². The first-order chi connectivity index (χ1) is 21.7. The van der Waals surface area contributed by atoms with Gasteiger partial charge in [0.05, 0.1) is 34.7 Å². The minimum Gasteiger partial charge on any atom is -0.390 e. The lowest BCUT2D eigenvalue weighted by Crippen LogP contribution is -2.51. The molecule has 0 aliphatic carbocycles. The van der Waals surface area contributed by atoms with Gasteiger partial charge in [-0.3, -0.25) is 18.2 Å². The molecule has 0 bridgehead atoms. The summed E-state index contributed by atoms with van der Waals surface area (Å²) >= 11 is 0. The van der Waals surface area contributed by atoms with Gasteiger partial charge in [0.25, 0.3) is 5.91 Å². The number of aromatic amines is 1. The first kappa shape index (κ1) is 33.8. The molecule has 5 rings (SSSR count). The number of carbonyl (C=O) groups is 1. The van der Waals surface area contributed by atoms with Crippen LogP contribution in [0.4, 0.5) is 18.9 Å². The van der Waals surface area contributed by atoms with E-state index in [0.29, 0.717) is 42.6 Å². The zero-order valence-electron chi connectivity index (χ0n) is 26.1. The van der Waals surface area contributed by atoms with Gasteiger partial charge in [-0.05, 0) is 74.1 Å². The maximum absolute atomic E-state index is 13.9. The summed E-state index contributed by atoms with van der Waals surface area (Å²) in [6, 6.07) is 17.1. The number of amides is 1. The number of nitrogens with zero attached hydrogens (tertiary/aromatic N) is 1. The van der Waals surface area contributed by atoms with E-state index in [9.17, 15) is 32.2 Å². The molecular formula is C34H41F3N4O4S. The maximum atomic E-state index is 13.9. The van der Waals surface area contributed by atoms with Gasteiger partial charge in [-0.15, -0.1) is 10.8 Å². The van der Waals surface area contributed by atoms with Crippen LogP contribution in [0.5, 0.6) is 0 Å². The van der Waals surface area contributed by atoms with Crippen molar-refractivity contribution in [3.05, 3.63) is 101 Å². The summed E-state index contributed by atoms with van der Waals surface area (Å²) in [5.74, 6) is -0.194. The van der Waals surface area contributed by atoms with Crippen molar-refractivity contribution in [1.82, 2.24) is 15.6 Å². The fourth-order valence-electron chi connectivity index (χ4n) is 5.92. The number of hydrogen-bond donors (Lipinski definition) is 6. The summed E-state index contributed by atoms with van der Waals surface area (Å²) in [6.07, 6.45) is -2.13. The van der Waals surface area contributed by atoms with Gasteiger partial charge < -0.3 is 20.7 Å². The van der Waals surface area contributed by atoms with Crippen LogP contribution in [0.3, 0.4) is 0 Å². The number of aromatic nitrogens is 1. The molecule has 0 unspecified atom stereocenters. The number of fused-ring (bicyclic) bond motifs is 1. The zero-order valence-corrected chi connectivity index (χ0v) is 26.9. The summed E-state index contributed by atoms with van der Waals surface area (Å²) in [6.45, 7) is 5.89. The fraction of sp³-hybridized carbons (Fsp3) is 0.382. The van der Waals surface area contributed by atoms with E-state index in [0.717, 1.165) is 34.2 Å². The minimum atomic E-state index is -4.48. The second-order valence-electron chi connectivity index (χ2n) is 12.3. The molecule has 0 spiro atoms. The number of aryl methyl sites for hydroxylation is 1. The Morgan fingerprint density at radius 2 is 1.76 bits per heavy atom. The molecule has 1 aromatic heterocycles. The fourth-order valence-corrected chi connectivity index (χ4v) is 7.53. The topological polar surface area (TPSA) is 121 Å². The summed E-state index contributed by atoms with van der Waals surface area (Å²) in [5, 5.41) is 18.4. The molecule has 12 heteroatoms. The van der Waals surface area contributed by atoms with Crippen LogP contribution >= 0.6 is 10.8 Å². The smallest absolute Gasteiger partial charge is 0.390 e. The first-order valence-corrected chi connectivity index (χ1v) is 17.0. The predicted octanol–water partition coefficient (Wildman–Crippen LogP) is 6.85. The van der Waals surface area contributed by atoms with Crippen molar-refractivity contribution in [2.75, 3.05) is 23.1 Å². The van der Waals surface area contributed by atoms with Crippen LogP contribution < -0.4 is 14.9 Å². The standard InChI is InChI=1S/C34H41F3N4O4S/c1-4-23-20-38-31-27(23)17-24(18-29(31)41-14-9-15-46(41,44)45)32(43)40-28(16-22-10-6-5-7-11-22)30(42)21-39-33(2,3)25-12-8-13-26(19-25)34(35,36)37/h5-8,10-13,17-20,28,30,38-39,42,44-45H,4,9,14-16,21H2,1-3H3,(H,40,43)/t28-,30-/m0/s1. The molecular weight excluding hydrogens is 617 g/mol. The molecule has 1 aliphatic heterocycles. The van der Waals surface area contributed by atoms with E-state index in [1.807, 2.05) is 43.5 Å². The van der Waals surface area contributed by atoms with Gasteiger partial charge >= 0.3 is 6.18 Å². The molecule has 4 aromatic rings. The third kappa shape index (κ3) is 7.37. The SMILES string of the molecule is CCc1c[nH]c2c(N3CCCS3(O)O)cc(C(=O)N[C@@H](Cc3ccccc3)[C@@H](O)CNC(C)(C)c3cccc(C(F)(F)F)c3)cc12. The summed E-state index contributed by atoms with van der Waals surface area (Å²) in [7, 11) is -3.03. The first-order valence-electron chi connectivity index (χ1n) is 15.3. The highest BCUT2D eigenvalue weighted by atomic mass is 32.3. The number of anilines is 1. The van der Waals surface area contributed by atoms with E-state index in [4.69, 9.17) is 0 Å². The maximum Gasteiger partial charge on any atom is 0.416 e. The highest BCUT2D eigenvalue weighted by Gasteiger charge is 2.34. The van der Waals surface area contributed by atoms with Crippen LogP contribution in [0, 0.1) is 0 Å². The number of benzene rings is 3. The summed E-state index contributed by atoms with van der Waals surface area (Å²) in [5.41, 5.74) is 2.14. The highest BCUT2D eigenvalue weighted by Crippen LogP contribution is 2.52. The lowest BCUT2D eigenvalue weighted by Gasteiger charge is -2.38. The molecule has 1 aliphatic rings. The Kier molecular flexibility index (Phi) is 9.76. The van der Waals surface area contributed by atoms with Crippen LogP contribution in [0.1, 0.15) is 59.8 Å². The number of carbonyl (C=O) groups excluding carboxylic acids is 1. The summed E-state index contributed by atoms with van der Waals surface area (Å²) in [4.78, 5) is 17.1. The van der Waals surface area contributed by atoms with E-state index >= 15 is 0 Å². The van der Waals surface area contributed by atoms with E-state index in [1.165, 1.54) is 6.07 Å². The van der Waals surface area contributed by atoms with E-state index in [1.54, 1.807) is 36.4 Å². The van der Waals surface area contributed by atoms with Gasteiger partial charge in [0.15, 0.2) is 0 Å². The van der Waals surface area contributed by atoms with Crippen molar-refractivity contribution >= 4 is 33.3 Å². The predicted molar refractivity (Wildman–Crippen MR) is 177 cm³/mol. The zero-order chi connectivity index (χ0) is 33.3. The average Bonchev–Trinajstić information content (AvgIpc) is 3.61. The third-order valence-electron chi connectivity index (χ3n) is 8.64. The normalized spacial score (nSPS) is 17.2. The molecule has 2 heterocycles. The van der Waals surface area contributed by atoms with Gasteiger partial charge in [-0.2, -0.15) is 13.2 Å². The summed E-state index contributed by atoms with van der Waals surface area (Å²) < 4.78 is 63.2. The second kappa shape index (κ2) is 13.3. The molecule has 1 saturated heterocycles. The molecule has 248 valence electrons. The number of aliphatic hydroxyl groups excluding tert-OH is 1. The third-order valence-corrected chi connectivity index (χ3v) is 10.6. The van der Waals surface area contributed by atoms with E-state index in [2.05, 4.69) is 15.6 Å². The van der Waals surface area contributed by atoms with Crippen LogP contribution in [-0.2, 0) is 24.6 Å².